The van der Waals surface area contributed by atoms with Gasteiger partial charge in [-0.05, 0) is 26.3 Å². The van der Waals surface area contributed by atoms with Gasteiger partial charge < -0.3 is 14.5 Å². The van der Waals surface area contributed by atoms with Crippen LogP contribution < -0.4 is 0 Å². The highest BCUT2D eigenvalue weighted by molar-refractivity contribution is 6.03. The summed E-state index contributed by atoms with van der Waals surface area (Å²) in [6.07, 6.45) is 1.59. The van der Waals surface area contributed by atoms with Crippen LogP contribution in [0.25, 0.3) is 0 Å². The normalized spacial score (nSPS) is 21.0. The van der Waals surface area contributed by atoms with Crippen LogP contribution in [0.2, 0.25) is 0 Å². The van der Waals surface area contributed by atoms with Crippen LogP contribution in [0.5, 0.6) is 0 Å². The zero-order chi connectivity index (χ0) is 16.6. The number of nitrogens with zero attached hydrogens (tertiary/aromatic N) is 1. The number of hydrogen-bond donors (Lipinski definition) is 1. The Morgan fingerprint density at radius 2 is 1.78 bits per heavy atom. The first-order chi connectivity index (χ1) is 10.9. The summed E-state index contributed by atoms with van der Waals surface area (Å²) in [6, 6.07) is 0. The second kappa shape index (κ2) is 6.19. The molecule has 0 saturated carbocycles. The standard InChI is InChI=1S/C17H24N2O4/c1-11-15(13(3)20)12(2)18-16(11)14(21)10-19-6-4-17(5-7-19)22-8-9-23-17/h18H,4-10H2,1-3H3. The van der Waals surface area contributed by atoms with Crippen molar-refractivity contribution in [2.45, 2.75) is 39.4 Å². The van der Waals surface area contributed by atoms with E-state index < -0.39 is 5.79 Å². The van der Waals surface area contributed by atoms with Crippen LogP contribution >= 0.6 is 0 Å². The first-order valence-electron chi connectivity index (χ1n) is 8.15. The highest BCUT2D eigenvalue weighted by Gasteiger charge is 2.40. The fourth-order valence-corrected chi connectivity index (χ4v) is 3.68. The van der Waals surface area contributed by atoms with Gasteiger partial charge in [0.05, 0.1) is 25.5 Å². The van der Waals surface area contributed by atoms with Gasteiger partial charge in [-0.2, -0.15) is 0 Å². The lowest BCUT2D eigenvalue weighted by atomic mass is 10.0. The Labute approximate surface area is 136 Å². The Bertz CT molecular complexity index is 619. The maximum absolute atomic E-state index is 12.6. The number of aromatic nitrogens is 1. The molecule has 0 aliphatic carbocycles. The van der Waals surface area contributed by atoms with Crippen molar-refractivity contribution in [3.8, 4) is 0 Å². The molecule has 1 aromatic rings. The van der Waals surface area contributed by atoms with E-state index in [9.17, 15) is 9.59 Å². The van der Waals surface area contributed by atoms with Gasteiger partial charge in [-0.25, -0.2) is 0 Å². The highest BCUT2D eigenvalue weighted by Crippen LogP contribution is 2.31. The smallest absolute Gasteiger partial charge is 0.193 e. The van der Waals surface area contributed by atoms with E-state index in [1.807, 2.05) is 13.8 Å². The molecule has 0 unspecified atom stereocenters. The molecule has 2 aliphatic rings. The topological polar surface area (TPSA) is 71.6 Å². The van der Waals surface area contributed by atoms with Gasteiger partial charge in [-0.1, -0.05) is 0 Å². The van der Waals surface area contributed by atoms with Crippen LogP contribution in [0.15, 0.2) is 0 Å². The highest BCUT2D eigenvalue weighted by atomic mass is 16.7. The molecule has 0 aromatic carbocycles. The molecule has 6 heteroatoms. The number of aromatic amines is 1. The molecule has 1 aromatic heterocycles. The second-order valence-electron chi connectivity index (χ2n) is 6.49. The molecule has 0 radical (unpaired) electrons. The van der Waals surface area contributed by atoms with Gasteiger partial charge in [0.15, 0.2) is 17.4 Å². The molecule has 0 atom stereocenters. The average molecular weight is 320 g/mol. The van der Waals surface area contributed by atoms with Crippen molar-refractivity contribution >= 4 is 11.6 Å². The third-order valence-electron chi connectivity index (χ3n) is 4.87. The van der Waals surface area contributed by atoms with Crippen LogP contribution in [-0.2, 0) is 9.47 Å². The second-order valence-corrected chi connectivity index (χ2v) is 6.49. The van der Waals surface area contributed by atoms with Crippen LogP contribution in [-0.4, -0.2) is 60.1 Å². The molecular formula is C17H24N2O4. The van der Waals surface area contributed by atoms with Crippen molar-refractivity contribution in [2.24, 2.45) is 0 Å². The third-order valence-corrected chi connectivity index (χ3v) is 4.87. The Balaban J connectivity index is 1.64. The molecule has 1 spiro atoms. The fourth-order valence-electron chi connectivity index (χ4n) is 3.68. The number of likely N-dealkylation sites (tertiary alicyclic amines) is 1. The average Bonchev–Trinajstić information content (AvgIpc) is 3.06. The summed E-state index contributed by atoms with van der Waals surface area (Å²) in [5.74, 6) is -0.395. The Hall–Kier alpha value is -1.50. The lowest BCUT2D eigenvalue weighted by Crippen LogP contribution is -2.46. The molecule has 0 amide bonds. The number of carbonyl (C=O) groups is 2. The number of H-pyrrole nitrogens is 1. The van der Waals surface area contributed by atoms with E-state index in [-0.39, 0.29) is 11.6 Å². The van der Waals surface area contributed by atoms with Crippen molar-refractivity contribution in [1.82, 2.24) is 9.88 Å². The summed E-state index contributed by atoms with van der Waals surface area (Å²) in [5, 5.41) is 0. The van der Waals surface area contributed by atoms with E-state index in [2.05, 4.69) is 9.88 Å². The fraction of sp³-hybridized carbons (Fsp3) is 0.647. The van der Waals surface area contributed by atoms with Gasteiger partial charge in [-0.15, -0.1) is 0 Å². The summed E-state index contributed by atoms with van der Waals surface area (Å²) >= 11 is 0. The maximum Gasteiger partial charge on any atom is 0.193 e. The minimum atomic E-state index is -0.416. The van der Waals surface area contributed by atoms with Gasteiger partial charge in [0.25, 0.3) is 0 Å². The lowest BCUT2D eigenvalue weighted by Gasteiger charge is -2.37. The zero-order valence-corrected chi connectivity index (χ0v) is 14.0. The van der Waals surface area contributed by atoms with E-state index in [1.54, 1.807) is 0 Å². The number of aryl methyl sites for hydroxylation is 1. The minimum Gasteiger partial charge on any atom is -0.355 e. The van der Waals surface area contributed by atoms with Crippen molar-refractivity contribution in [2.75, 3.05) is 32.8 Å². The molecule has 2 saturated heterocycles. The molecule has 2 fully saturated rings. The summed E-state index contributed by atoms with van der Waals surface area (Å²) in [7, 11) is 0. The number of piperidine rings is 1. The predicted octanol–water partition coefficient (Wildman–Crippen LogP) is 1.86. The van der Waals surface area contributed by atoms with Crippen LogP contribution in [0.3, 0.4) is 0 Å². The zero-order valence-electron chi connectivity index (χ0n) is 14.0. The van der Waals surface area contributed by atoms with Gasteiger partial charge >= 0.3 is 0 Å². The molecule has 3 rings (SSSR count). The van der Waals surface area contributed by atoms with Crippen molar-refractivity contribution in [3.05, 3.63) is 22.5 Å². The first-order valence-corrected chi connectivity index (χ1v) is 8.15. The Morgan fingerprint density at radius 3 is 2.30 bits per heavy atom. The van der Waals surface area contributed by atoms with Crippen molar-refractivity contribution in [3.63, 3.8) is 0 Å². The SMILES string of the molecule is CC(=O)c1c(C)[nH]c(C(=O)CN2CCC3(CC2)OCCO3)c1C. The molecule has 0 bridgehead atoms. The van der Waals surface area contributed by atoms with Crippen LogP contribution in [0.1, 0.15) is 51.9 Å². The van der Waals surface area contributed by atoms with Crippen LogP contribution in [0.4, 0.5) is 0 Å². The van der Waals surface area contributed by atoms with Gasteiger partial charge in [0.1, 0.15) is 0 Å². The quantitative estimate of drug-likeness (QED) is 0.857. The molecule has 1 N–H and O–H groups in total. The summed E-state index contributed by atoms with van der Waals surface area (Å²) < 4.78 is 11.4. The summed E-state index contributed by atoms with van der Waals surface area (Å²) in [5.41, 5.74) is 2.72. The van der Waals surface area contributed by atoms with E-state index in [1.165, 1.54) is 6.92 Å². The van der Waals surface area contributed by atoms with Gasteiger partial charge in [0.2, 0.25) is 0 Å². The molecular weight excluding hydrogens is 296 g/mol. The number of ether oxygens (including phenoxy) is 2. The van der Waals surface area contributed by atoms with Crippen molar-refractivity contribution < 1.29 is 19.1 Å². The largest absolute Gasteiger partial charge is 0.355 e. The first kappa shape index (κ1) is 16.4. The molecule has 126 valence electrons. The Kier molecular flexibility index (Phi) is 4.40. The lowest BCUT2D eigenvalue weighted by molar-refractivity contribution is -0.184. The molecule has 23 heavy (non-hydrogen) atoms. The number of hydrogen-bond acceptors (Lipinski definition) is 5. The number of rotatable bonds is 4. The van der Waals surface area contributed by atoms with E-state index in [0.29, 0.717) is 31.0 Å². The number of carbonyl (C=O) groups excluding carboxylic acids is 2. The van der Waals surface area contributed by atoms with Gasteiger partial charge in [0, 0.05) is 37.2 Å². The number of nitrogens with one attached hydrogen (secondary N) is 1. The minimum absolute atomic E-state index is 0.00857. The molecule has 6 nitrogen and oxygen atoms in total. The van der Waals surface area contributed by atoms with E-state index >= 15 is 0 Å². The molecule has 2 aliphatic heterocycles. The van der Waals surface area contributed by atoms with Gasteiger partial charge in [-0.3, -0.25) is 14.5 Å². The Morgan fingerprint density at radius 1 is 1.17 bits per heavy atom. The number of ketones is 2. The van der Waals surface area contributed by atoms with E-state index in [0.717, 1.165) is 37.2 Å². The van der Waals surface area contributed by atoms with E-state index in [4.69, 9.17) is 9.47 Å². The maximum atomic E-state index is 12.6. The predicted molar refractivity (Wildman–Crippen MR) is 84.9 cm³/mol. The molecule has 3 heterocycles. The van der Waals surface area contributed by atoms with Crippen LogP contribution in [0, 0.1) is 13.8 Å². The monoisotopic (exact) mass is 320 g/mol. The summed E-state index contributed by atoms with van der Waals surface area (Å²) in [4.78, 5) is 29.5. The number of Topliss-reactive ketones (excluding diaryl/α,β-unsaturated/α-hetero) is 2. The summed E-state index contributed by atoms with van der Waals surface area (Å²) in [6.45, 7) is 8.44. The third kappa shape index (κ3) is 3.11. The van der Waals surface area contributed by atoms with Crippen molar-refractivity contribution in [1.29, 1.82) is 0 Å².